The van der Waals surface area contributed by atoms with Gasteiger partial charge in [0, 0.05) is 0 Å². The van der Waals surface area contributed by atoms with E-state index in [0.717, 1.165) is 0 Å². The molecule has 160 valence electrons. The summed E-state index contributed by atoms with van der Waals surface area (Å²) in [6, 6.07) is 31.7. The molecule has 0 aliphatic rings. The van der Waals surface area contributed by atoms with Gasteiger partial charge in [-0.2, -0.15) is 0 Å². The van der Waals surface area contributed by atoms with Crippen molar-refractivity contribution in [3.05, 3.63) is 96.1 Å². The Labute approximate surface area is 191 Å². The molecule has 0 radical (unpaired) electrons. The summed E-state index contributed by atoms with van der Waals surface area (Å²) < 4.78 is 0. The Kier molecular flexibility index (Phi) is 4.67. The zero-order chi connectivity index (χ0) is 22.7. The van der Waals surface area contributed by atoms with Gasteiger partial charge in [0.05, 0.1) is 0 Å². The van der Waals surface area contributed by atoms with Crippen LogP contribution < -0.4 is 0 Å². The van der Waals surface area contributed by atoms with Crippen LogP contribution in [-0.4, -0.2) is 0 Å². The van der Waals surface area contributed by atoms with Crippen molar-refractivity contribution in [3.63, 3.8) is 0 Å². The topological polar surface area (TPSA) is 0 Å². The first-order chi connectivity index (χ1) is 15.1. The van der Waals surface area contributed by atoms with Crippen LogP contribution in [0.2, 0.25) is 0 Å². The summed E-state index contributed by atoms with van der Waals surface area (Å²) in [6.07, 6.45) is 0. The van der Waals surface area contributed by atoms with E-state index in [-0.39, 0.29) is 10.8 Å². The van der Waals surface area contributed by atoms with Crippen LogP contribution in [0.4, 0.5) is 0 Å². The lowest BCUT2D eigenvalue weighted by Gasteiger charge is -2.26. The van der Waals surface area contributed by atoms with Gasteiger partial charge in [-0.15, -0.1) is 0 Å². The standard InChI is InChI=1S/C32H32/c1-31(2,3)24-18-17-21-19-23(16-15-22(21)20-24)29-25-11-7-9-13-27(25)30(32(4,5)6)28-14-10-8-12-26(28)29/h7-20H,1-6H3. The zero-order valence-electron chi connectivity index (χ0n) is 20.1. The van der Waals surface area contributed by atoms with Gasteiger partial charge in [-0.25, -0.2) is 0 Å². The number of benzene rings is 5. The van der Waals surface area contributed by atoms with Crippen molar-refractivity contribution in [3.8, 4) is 11.1 Å². The van der Waals surface area contributed by atoms with Crippen molar-refractivity contribution in [2.24, 2.45) is 0 Å². The first kappa shape index (κ1) is 20.8. The lowest BCUT2D eigenvalue weighted by Crippen LogP contribution is -2.13. The number of rotatable bonds is 1. The molecule has 5 rings (SSSR count). The Morgan fingerprint density at radius 2 is 0.969 bits per heavy atom. The van der Waals surface area contributed by atoms with Crippen LogP contribution in [0, 0.1) is 0 Å². The van der Waals surface area contributed by atoms with E-state index in [4.69, 9.17) is 0 Å². The molecule has 0 heterocycles. The first-order valence-corrected chi connectivity index (χ1v) is 11.6. The molecule has 0 heteroatoms. The molecule has 0 aromatic heterocycles. The van der Waals surface area contributed by atoms with E-state index in [1.54, 1.807) is 0 Å². The van der Waals surface area contributed by atoms with Gasteiger partial charge in [0.1, 0.15) is 0 Å². The SMILES string of the molecule is CC(C)(C)c1ccc2cc(-c3c4ccccc4c(C(C)(C)C)c4ccccc34)ccc2c1. The number of hydrogen-bond donors (Lipinski definition) is 0. The molecule has 0 aliphatic heterocycles. The van der Waals surface area contributed by atoms with Gasteiger partial charge in [-0.1, -0.05) is 120 Å². The summed E-state index contributed by atoms with van der Waals surface area (Å²) >= 11 is 0. The van der Waals surface area contributed by atoms with Crippen LogP contribution in [0.5, 0.6) is 0 Å². The number of hydrogen-bond acceptors (Lipinski definition) is 0. The van der Waals surface area contributed by atoms with E-state index >= 15 is 0 Å². The van der Waals surface area contributed by atoms with Crippen molar-refractivity contribution in [2.45, 2.75) is 52.4 Å². The fourth-order valence-corrected chi connectivity index (χ4v) is 5.12. The van der Waals surface area contributed by atoms with Gasteiger partial charge < -0.3 is 0 Å². The fourth-order valence-electron chi connectivity index (χ4n) is 5.12. The zero-order valence-corrected chi connectivity index (χ0v) is 20.1. The minimum Gasteiger partial charge on any atom is -0.0616 e. The maximum Gasteiger partial charge on any atom is -0.00264 e. The highest BCUT2D eigenvalue weighted by atomic mass is 14.3. The highest BCUT2D eigenvalue weighted by Gasteiger charge is 2.23. The predicted octanol–water partition coefficient (Wildman–Crippen LogP) is 9.41. The molecule has 0 N–H and O–H groups in total. The lowest BCUT2D eigenvalue weighted by molar-refractivity contribution is 0.591. The van der Waals surface area contributed by atoms with Crippen LogP contribution in [0.15, 0.2) is 84.9 Å². The second-order valence-electron chi connectivity index (χ2n) is 11.1. The van der Waals surface area contributed by atoms with Crippen LogP contribution >= 0.6 is 0 Å². The molecule has 5 aromatic rings. The van der Waals surface area contributed by atoms with Gasteiger partial charge in [0.25, 0.3) is 0 Å². The summed E-state index contributed by atoms with van der Waals surface area (Å²) in [4.78, 5) is 0. The van der Waals surface area contributed by atoms with E-state index in [9.17, 15) is 0 Å². The van der Waals surface area contributed by atoms with E-state index in [2.05, 4.69) is 126 Å². The van der Waals surface area contributed by atoms with E-state index in [0.29, 0.717) is 0 Å². The minimum atomic E-state index is 0.0600. The van der Waals surface area contributed by atoms with Gasteiger partial charge in [0.2, 0.25) is 0 Å². The molecule has 0 nitrogen and oxygen atoms in total. The second-order valence-corrected chi connectivity index (χ2v) is 11.1. The van der Waals surface area contributed by atoms with Crippen LogP contribution in [0.3, 0.4) is 0 Å². The lowest BCUT2D eigenvalue weighted by atomic mass is 9.78. The van der Waals surface area contributed by atoms with Crippen LogP contribution in [0.1, 0.15) is 52.7 Å². The first-order valence-electron chi connectivity index (χ1n) is 11.6. The number of fused-ring (bicyclic) bond motifs is 3. The summed E-state index contributed by atoms with van der Waals surface area (Å²) in [5, 5.41) is 7.99. The molecule has 0 atom stereocenters. The third-order valence-corrected chi connectivity index (χ3v) is 6.68. The Balaban J connectivity index is 1.85. The van der Waals surface area contributed by atoms with Gasteiger partial charge in [-0.05, 0) is 71.5 Å². The molecule has 0 aliphatic carbocycles. The fraction of sp³-hybridized carbons (Fsp3) is 0.250. The molecule has 5 aromatic carbocycles. The smallest absolute Gasteiger partial charge is 0.00264 e. The highest BCUT2D eigenvalue weighted by molar-refractivity contribution is 6.16. The monoisotopic (exact) mass is 416 g/mol. The molecule has 0 saturated heterocycles. The summed E-state index contributed by atoms with van der Waals surface area (Å²) in [7, 11) is 0. The van der Waals surface area contributed by atoms with Crippen LogP contribution in [-0.2, 0) is 10.8 Å². The summed E-state index contributed by atoms with van der Waals surface area (Å²) in [5.74, 6) is 0. The molecule has 0 spiro atoms. The molecular weight excluding hydrogens is 384 g/mol. The van der Waals surface area contributed by atoms with Crippen molar-refractivity contribution in [2.75, 3.05) is 0 Å². The molecule has 0 unspecified atom stereocenters. The van der Waals surface area contributed by atoms with E-state index < -0.39 is 0 Å². The van der Waals surface area contributed by atoms with E-state index in [1.165, 1.54) is 54.6 Å². The maximum absolute atomic E-state index is 2.37. The third kappa shape index (κ3) is 3.39. The predicted molar refractivity (Wildman–Crippen MR) is 142 cm³/mol. The van der Waals surface area contributed by atoms with Crippen molar-refractivity contribution >= 4 is 32.3 Å². The molecule has 0 fully saturated rings. The molecular formula is C32H32. The van der Waals surface area contributed by atoms with Crippen molar-refractivity contribution in [1.29, 1.82) is 0 Å². The largest absolute Gasteiger partial charge is 0.0616 e. The average molecular weight is 417 g/mol. The van der Waals surface area contributed by atoms with Gasteiger partial charge in [0.15, 0.2) is 0 Å². The Morgan fingerprint density at radius 1 is 0.469 bits per heavy atom. The summed E-state index contributed by atoms with van der Waals surface area (Å²) in [5.41, 5.74) is 5.65. The molecule has 32 heavy (non-hydrogen) atoms. The second kappa shape index (κ2) is 7.20. The normalized spacial score (nSPS) is 12.7. The minimum absolute atomic E-state index is 0.0600. The maximum atomic E-state index is 2.37. The van der Waals surface area contributed by atoms with E-state index in [1.807, 2.05) is 0 Å². The molecule has 0 bridgehead atoms. The van der Waals surface area contributed by atoms with Gasteiger partial charge in [-0.3, -0.25) is 0 Å². The van der Waals surface area contributed by atoms with Gasteiger partial charge >= 0.3 is 0 Å². The highest BCUT2D eigenvalue weighted by Crippen LogP contribution is 2.44. The summed E-state index contributed by atoms with van der Waals surface area (Å²) in [6.45, 7) is 13.8. The Bertz CT molecular complexity index is 1410. The molecule has 0 saturated carbocycles. The quantitative estimate of drug-likeness (QED) is 0.239. The third-order valence-electron chi connectivity index (χ3n) is 6.68. The molecule has 0 amide bonds. The van der Waals surface area contributed by atoms with Crippen LogP contribution in [0.25, 0.3) is 43.4 Å². The van der Waals surface area contributed by atoms with Crippen molar-refractivity contribution in [1.82, 2.24) is 0 Å². The average Bonchev–Trinajstić information content (AvgIpc) is 2.75. The van der Waals surface area contributed by atoms with Crippen molar-refractivity contribution < 1.29 is 0 Å². The Hall–Kier alpha value is -3.12. The Morgan fingerprint density at radius 3 is 1.50 bits per heavy atom.